The Bertz CT molecular complexity index is 1150. The standard InChI is InChI=1S/C27H30Cl2N2O5/c1-16-11-18(3-6-24(16)36-10-9-30-25(32)7-8-26(30)33)15-31(21-12-20(13-21)27(34)35)17(2)19-4-5-22(28)23(29)14-19/h3-6,11,14,17,20-21H,7-10,12-13,15H2,1-2H3,(H,34,35). The van der Waals surface area contributed by atoms with Crippen molar-refractivity contribution < 1.29 is 24.2 Å². The molecule has 2 fully saturated rings. The van der Waals surface area contributed by atoms with E-state index in [0.717, 1.165) is 16.7 Å². The summed E-state index contributed by atoms with van der Waals surface area (Å²) in [5, 5.41) is 10.4. The third-order valence-electron chi connectivity index (χ3n) is 7.19. The van der Waals surface area contributed by atoms with Crippen molar-refractivity contribution in [3.8, 4) is 5.75 Å². The van der Waals surface area contributed by atoms with Gasteiger partial charge in [0, 0.05) is 31.5 Å². The van der Waals surface area contributed by atoms with Crippen molar-refractivity contribution in [1.82, 2.24) is 9.80 Å². The monoisotopic (exact) mass is 532 g/mol. The Kier molecular flexibility index (Phi) is 8.23. The zero-order valence-corrected chi connectivity index (χ0v) is 21.9. The molecule has 1 saturated heterocycles. The van der Waals surface area contributed by atoms with Crippen LogP contribution in [0.5, 0.6) is 5.75 Å². The molecule has 1 aliphatic carbocycles. The number of benzene rings is 2. The van der Waals surface area contributed by atoms with Crippen LogP contribution >= 0.6 is 23.2 Å². The number of likely N-dealkylation sites (tertiary alicyclic amines) is 1. The molecule has 1 aliphatic heterocycles. The third kappa shape index (κ3) is 5.85. The Morgan fingerprint density at radius 3 is 2.42 bits per heavy atom. The first-order valence-electron chi connectivity index (χ1n) is 12.1. The van der Waals surface area contributed by atoms with Crippen molar-refractivity contribution in [1.29, 1.82) is 0 Å². The number of carbonyl (C=O) groups is 3. The highest BCUT2D eigenvalue weighted by molar-refractivity contribution is 6.42. The molecular weight excluding hydrogens is 503 g/mol. The lowest BCUT2D eigenvalue weighted by atomic mass is 9.78. The summed E-state index contributed by atoms with van der Waals surface area (Å²) in [4.78, 5) is 38.5. The highest BCUT2D eigenvalue weighted by Crippen LogP contribution is 2.39. The van der Waals surface area contributed by atoms with Gasteiger partial charge in [0.2, 0.25) is 11.8 Å². The molecule has 1 atom stereocenters. The van der Waals surface area contributed by atoms with E-state index < -0.39 is 5.97 Å². The van der Waals surface area contributed by atoms with Gasteiger partial charge in [-0.25, -0.2) is 0 Å². The SMILES string of the molecule is Cc1cc(CN(C2CC(C(=O)O)C2)C(C)c2ccc(Cl)c(Cl)c2)ccc1OCCN1C(=O)CCC1=O. The molecule has 1 N–H and O–H groups in total. The summed E-state index contributed by atoms with van der Waals surface area (Å²) in [7, 11) is 0. The zero-order valence-electron chi connectivity index (χ0n) is 20.4. The normalized spacial score (nSPS) is 20.5. The lowest BCUT2D eigenvalue weighted by molar-refractivity contribution is -0.147. The number of nitrogens with zero attached hydrogens (tertiary/aromatic N) is 2. The minimum atomic E-state index is -0.747. The van der Waals surface area contributed by atoms with Crippen LogP contribution in [0.1, 0.15) is 55.3 Å². The molecule has 36 heavy (non-hydrogen) atoms. The first kappa shape index (κ1) is 26.5. The molecule has 9 heteroatoms. The molecule has 0 spiro atoms. The van der Waals surface area contributed by atoms with E-state index in [1.807, 2.05) is 31.2 Å². The molecule has 4 rings (SSSR count). The number of carboxylic acids is 1. The number of rotatable bonds is 10. The van der Waals surface area contributed by atoms with Crippen LogP contribution in [0.3, 0.4) is 0 Å². The molecule has 1 heterocycles. The third-order valence-corrected chi connectivity index (χ3v) is 7.93. The van der Waals surface area contributed by atoms with Crippen molar-refractivity contribution in [2.45, 2.75) is 58.2 Å². The number of carbonyl (C=O) groups excluding carboxylic acids is 2. The predicted octanol–water partition coefficient (Wildman–Crippen LogP) is 5.26. The van der Waals surface area contributed by atoms with E-state index in [1.54, 1.807) is 6.07 Å². The summed E-state index contributed by atoms with van der Waals surface area (Å²) in [6.45, 7) is 5.19. The number of aryl methyl sites for hydroxylation is 1. The zero-order chi connectivity index (χ0) is 26.0. The summed E-state index contributed by atoms with van der Waals surface area (Å²) in [6, 6.07) is 11.7. The van der Waals surface area contributed by atoms with Crippen molar-refractivity contribution >= 4 is 41.0 Å². The quantitative estimate of drug-likeness (QED) is 0.420. The van der Waals surface area contributed by atoms with Crippen LogP contribution in [0.2, 0.25) is 10.0 Å². The van der Waals surface area contributed by atoms with Gasteiger partial charge in [-0.05, 0) is 61.6 Å². The molecule has 2 aromatic rings. The highest BCUT2D eigenvalue weighted by Gasteiger charge is 2.39. The predicted molar refractivity (Wildman–Crippen MR) is 137 cm³/mol. The van der Waals surface area contributed by atoms with Gasteiger partial charge in [0.1, 0.15) is 12.4 Å². The maximum atomic E-state index is 11.8. The smallest absolute Gasteiger partial charge is 0.306 e. The fraction of sp³-hybridized carbons (Fsp3) is 0.444. The van der Waals surface area contributed by atoms with E-state index in [9.17, 15) is 19.5 Å². The molecule has 0 bridgehead atoms. The van der Waals surface area contributed by atoms with Crippen LogP contribution in [0, 0.1) is 12.8 Å². The van der Waals surface area contributed by atoms with Gasteiger partial charge in [-0.1, -0.05) is 41.4 Å². The van der Waals surface area contributed by atoms with Gasteiger partial charge in [-0.2, -0.15) is 0 Å². The van der Waals surface area contributed by atoms with E-state index in [2.05, 4.69) is 17.9 Å². The van der Waals surface area contributed by atoms with Crippen molar-refractivity contribution in [3.63, 3.8) is 0 Å². The fourth-order valence-corrected chi connectivity index (χ4v) is 5.21. The van der Waals surface area contributed by atoms with E-state index >= 15 is 0 Å². The second kappa shape index (κ2) is 11.2. The Morgan fingerprint density at radius 2 is 1.81 bits per heavy atom. The molecular formula is C27H30Cl2N2O5. The number of carboxylic acid groups (broad SMARTS) is 1. The van der Waals surface area contributed by atoms with Crippen molar-refractivity contribution in [3.05, 3.63) is 63.1 Å². The molecule has 0 aromatic heterocycles. The average Bonchev–Trinajstić information content (AvgIpc) is 3.12. The van der Waals surface area contributed by atoms with Crippen LogP contribution < -0.4 is 4.74 Å². The summed E-state index contributed by atoms with van der Waals surface area (Å²) in [5.74, 6) is -0.647. The van der Waals surface area contributed by atoms with Crippen LogP contribution in [0.15, 0.2) is 36.4 Å². The van der Waals surface area contributed by atoms with Gasteiger partial charge in [0.25, 0.3) is 0 Å². The number of ether oxygens (including phenoxy) is 1. The van der Waals surface area contributed by atoms with Gasteiger partial charge in [-0.15, -0.1) is 0 Å². The number of hydrogen-bond acceptors (Lipinski definition) is 5. The second-order valence-corrected chi connectivity index (χ2v) is 10.4. The molecule has 0 radical (unpaired) electrons. The van der Waals surface area contributed by atoms with E-state index in [-0.39, 0.29) is 55.8 Å². The van der Waals surface area contributed by atoms with E-state index in [1.165, 1.54) is 4.90 Å². The number of aliphatic carboxylic acids is 1. The molecule has 2 aliphatic rings. The molecule has 7 nitrogen and oxygen atoms in total. The molecule has 2 amide bonds. The topological polar surface area (TPSA) is 87.2 Å². The van der Waals surface area contributed by atoms with Crippen LogP contribution in [-0.4, -0.2) is 51.9 Å². The van der Waals surface area contributed by atoms with Gasteiger partial charge in [-0.3, -0.25) is 24.2 Å². The van der Waals surface area contributed by atoms with Crippen LogP contribution in [0.25, 0.3) is 0 Å². The Labute approximate surface area is 220 Å². The molecule has 192 valence electrons. The maximum absolute atomic E-state index is 11.8. The summed E-state index contributed by atoms with van der Waals surface area (Å²) < 4.78 is 5.86. The minimum absolute atomic E-state index is 0.00581. The van der Waals surface area contributed by atoms with Gasteiger partial charge in [0.05, 0.1) is 22.5 Å². The first-order chi connectivity index (χ1) is 17.1. The molecule has 2 aromatic carbocycles. The number of amides is 2. The van der Waals surface area contributed by atoms with E-state index in [0.29, 0.717) is 35.2 Å². The van der Waals surface area contributed by atoms with Crippen LogP contribution in [-0.2, 0) is 20.9 Å². The lowest BCUT2D eigenvalue weighted by Gasteiger charge is -2.44. The number of imide groups is 1. The van der Waals surface area contributed by atoms with Gasteiger partial charge in [0.15, 0.2) is 0 Å². The second-order valence-electron chi connectivity index (χ2n) is 9.57. The highest BCUT2D eigenvalue weighted by atomic mass is 35.5. The lowest BCUT2D eigenvalue weighted by Crippen LogP contribution is -2.47. The van der Waals surface area contributed by atoms with Crippen LogP contribution in [0.4, 0.5) is 0 Å². The largest absolute Gasteiger partial charge is 0.491 e. The Balaban J connectivity index is 1.45. The maximum Gasteiger partial charge on any atom is 0.306 e. The Morgan fingerprint density at radius 1 is 1.11 bits per heavy atom. The average molecular weight is 533 g/mol. The van der Waals surface area contributed by atoms with Gasteiger partial charge < -0.3 is 9.84 Å². The first-order valence-corrected chi connectivity index (χ1v) is 12.9. The molecule has 1 saturated carbocycles. The summed E-state index contributed by atoms with van der Waals surface area (Å²) in [5.41, 5.74) is 3.05. The van der Waals surface area contributed by atoms with Crippen molar-refractivity contribution in [2.24, 2.45) is 5.92 Å². The number of halogens is 2. The Hall–Kier alpha value is -2.61. The summed E-state index contributed by atoms with van der Waals surface area (Å²) >= 11 is 12.4. The van der Waals surface area contributed by atoms with E-state index in [4.69, 9.17) is 27.9 Å². The fourth-order valence-electron chi connectivity index (χ4n) is 4.91. The number of hydrogen-bond donors (Lipinski definition) is 1. The minimum Gasteiger partial charge on any atom is -0.491 e. The summed E-state index contributed by atoms with van der Waals surface area (Å²) in [6.07, 6.45) is 1.76. The molecule has 1 unspecified atom stereocenters. The van der Waals surface area contributed by atoms with Gasteiger partial charge >= 0.3 is 5.97 Å². The van der Waals surface area contributed by atoms with Crippen molar-refractivity contribution in [2.75, 3.05) is 13.2 Å².